The first-order valence-electron chi connectivity index (χ1n) is 9.27. The molecule has 2 aliphatic heterocycles. The van der Waals surface area contributed by atoms with Gasteiger partial charge in [0.25, 0.3) is 0 Å². The Balaban J connectivity index is 1.76. The van der Waals surface area contributed by atoms with E-state index in [9.17, 15) is 0 Å². The van der Waals surface area contributed by atoms with E-state index in [1.165, 1.54) is 5.56 Å². The van der Waals surface area contributed by atoms with Gasteiger partial charge < -0.3 is 15.1 Å². The summed E-state index contributed by atoms with van der Waals surface area (Å²) in [5.41, 5.74) is 3.07. The Labute approximate surface area is 170 Å². The standard InChI is InChI=1S/C21H24Cl2N4/c1-26-10-8-21(9-11-26)20(24-14-15-6-4-3-5-7-15)27(2)19-13-17(23)16(22)12-18(19)25-21/h3-7,12-13,25H,8-11,14H2,1-2H3/b24-20+. The molecule has 0 saturated carbocycles. The van der Waals surface area contributed by atoms with Crippen LogP contribution in [0, 0.1) is 0 Å². The Hall–Kier alpha value is -1.75. The number of hydrogen-bond acceptors (Lipinski definition) is 3. The van der Waals surface area contributed by atoms with E-state index in [4.69, 9.17) is 28.2 Å². The van der Waals surface area contributed by atoms with Crippen LogP contribution in [0.2, 0.25) is 10.0 Å². The van der Waals surface area contributed by atoms with Gasteiger partial charge >= 0.3 is 0 Å². The number of amidine groups is 1. The average Bonchev–Trinajstić information content (AvgIpc) is 2.67. The topological polar surface area (TPSA) is 30.9 Å². The summed E-state index contributed by atoms with van der Waals surface area (Å²) in [6, 6.07) is 14.2. The van der Waals surface area contributed by atoms with Gasteiger partial charge in [-0.3, -0.25) is 4.99 Å². The molecular formula is C21H24Cl2N4. The molecule has 6 heteroatoms. The summed E-state index contributed by atoms with van der Waals surface area (Å²) in [7, 11) is 4.25. The molecule has 0 unspecified atom stereocenters. The third-order valence-electron chi connectivity index (χ3n) is 5.61. The van der Waals surface area contributed by atoms with Crippen LogP contribution in [-0.2, 0) is 6.54 Å². The van der Waals surface area contributed by atoms with Crippen molar-refractivity contribution in [1.29, 1.82) is 0 Å². The Morgan fingerprint density at radius 2 is 1.70 bits per heavy atom. The minimum atomic E-state index is -0.180. The number of halogens is 2. The van der Waals surface area contributed by atoms with Gasteiger partial charge in [0.05, 0.1) is 33.5 Å². The molecular weight excluding hydrogens is 379 g/mol. The lowest BCUT2D eigenvalue weighted by atomic mass is 9.83. The average molecular weight is 403 g/mol. The molecule has 0 aromatic heterocycles. The fraction of sp³-hybridized carbons (Fsp3) is 0.381. The van der Waals surface area contributed by atoms with Crippen LogP contribution in [0.5, 0.6) is 0 Å². The highest BCUT2D eigenvalue weighted by molar-refractivity contribution is 6.42. The molecule has 0 atom stereocenters. The van der Waals surface area contributed by atoms with E-state index in [-0.39, 0.29) is 5.54 Å². The van der Waals surface area contributed by atoms with E-state index in [2.05, 4.69) is 53.5 Å². The summed E-state index contributed by atoms with van der Waals surface area (Å²) in [4.78, 5) is 9.62. The van der Waals surface area contributed by atoms with Crippen molar-refractivity contribution in [3.05, 3.63) is 58.1 Å². The maximum atomic E-state index is 6.30. The highest BCUT2D eigenvalue weighted by atomic mass is 35.5. The molecule has 1 spiro atoms. The predicted molar refractivity (Wildman–Crippen MR) is 116 cm³/mol. The molecule has 142 valence electrons. The van der Waals surface area contributed by atoms with E-state index >= 15 is 0 Å². The number of likely N-dealkylation sites (tertiary alicyclic amines) is 1. The molecule has 0 amide bonds. The number of aliphatic imine (C=N–C) groups is 1. The Morgan fingerprint density at radius 1 is 1.04 bits per heavy atom. The fourth-order valence-corrected chi connectivity index (χ4v) is 4.34. The third kappa shape index (κ3) is 3.54. The molecule has 1 N–H and O–H groups in total. The second kappa shape index (κ2) is 7.34. The minimum Gasteiger partial charge on any atom is -0.371 e. The molecule has 2 heterocycles. The Bertz CT molecular complexity index is 858. The van der Waals surface area contributed by atoms with Gasteiger partial charge in [-0.2, -0.15) is 0 Å². The molecule has 4 rings (SSSR count). The molecule has 2 aromatic rings. The van der Waals surface area contributed by atoms with Crippen LogP contribution >= 0.6 is 23.2 Å². The number of rotatable bonds is 2. The van der Waals surface area contributed by atoms with Crippen molar-refractivity contribution in [2.24, 2.45) is 4.99 Å². The van der Waals surface area contributed by atoms with Crippen molar-refractivity contribution >= 4 is 40.4 Å². The van der Waals surface area contributed by atoms with Gasteiger partial charge in [-0.15, -0.1) is 0 Å². The van der Waals surface area contributed by atoms with Gasteiger partial charge in [-0.05, 0) is 37.6 Å². The lowest BCUT2D eigenvalue weighted by Gasteiger charge is -2.49. The monoisotopic (exact) mass is 402 g/mol. The number of piperidine rings is 1. The number of fused-ring (bicyclic) bond motifs is 1. The van der Waals surface area contributed by atoms with Crippen LogP contribution < -0.4 is 10.2 Å². The van der Waals surface area contributed by atoms with E-state index in [1.807, 2.05) is 18.2 Å². The summed E-state index contributed by atoms with van der Waals surface area (Å²) >= 11 is 12.6. The van der Waals surface area contributed by atoms with Gasteiger partial charge in [-0.1, -0.05) is 53.5 Å². The maximum absolute atomic E-state index is 6.30. The molecule has 1 fully saturated rings. The molecule has 0 aliphatic carbocycles. The molecule has 4 nitrogen and oxygen atoms in total. The van der Waals surface area contributed by atoms with Gasteiger partial charge in [0.1, 0.15) is 5.84 Å². The van der Waals surface area contributed by atoms with Gasteiger partial charge in [0.2, 0.25) is 0 Å². The first-order chi connectivity index (χ1) is 13.0. The number of likely N-dealkylation sites (N-methyl/N-ethyl adjacent to an activating group) is 1. The highest BCUT2D eigenvalue weighted by Gasteiger charge is 2.44. The Kier molecular flexibility index (Phi) is 5.06. The van der Waals surface area contributed by atoms with Crippen molar-refractivity contribution in [2.45, 2.75) is 24.9 Å². The van der Waals surface area contributed by atoms with Crippen LogP contribution in [0.25, 0.3) is 0 Å². The summed E-state index contributed by atoms with van der Waals surface area (Å²) in [6.07, 6.45) is 2.00. The van der Waals surface area contributed by atoms with E-state index < -0.39 is 0 Å². The molecule has 2 aromatic carbocycles. The summed E-state index contributed by atoms with van der Waals surface area (Å²) in [5, 5.41) is 4.91. The van der Waals surface area contributed by atoms with Crippen molar-refractivity contribution < 1.29 is 0 Å². The van der Waals surface area contributed by atoms with E-state index in [0.717, 1.165) is 43.1 Å². The van der Waals surface area contributed by atoms with Crippen LogP contribution in [0.4, 0.5) is 11.4 Å². The lowest BCUT2D eigenvalue weighted by molar-refractivity contribution is 0.239. The highest BCUT2D eigenvalue weighted by Crippen LogP contribution is 2.43. The van der Waals surface area contributed by atoms with Crippen LogP contribution in [-0.4, -0.2) is 43.5 Å². The van der Waals surface area contributed by atoms with Crippen molar-refractivity contribution in [3.8, 4) is 0 Å². The molecule has 1 saturated heterocycles. The van der Waals surface area contributed by atoms with Crippen LogP contribution in [0.1, 0.15) is 18.4 Å². The SMILES string of the molecule is CN1CCC2(CC1)Nc1cc(Cl)c(Cl)cc1N(C)/C2=N/Cc1ccccc1. The second-order valence-electron chi connectivity index (χ2n) is 7.48. The fourth-order valence-electron chi connectivity index (χ4n) is 4.02. The number of anilines is 2. The second-order valence-corrected chi connectivity index (χ2v) is 8.29. The number of hydrogen-bond donors (Lipinski definition) is 1. The summed E-state index contributed by atoms with van der Waals surface area (Å²) in [6.45, 7) is 2.72. The van der Waals surface area contributed by atoms with Crippen molar-refractivity contribution in [3.63, 3.8) is 0 Å². The predicted octanol–water partition coefficient (Wildman–Crippen LogP) is 4.92. The maximum Gasteiger partial charge on any atom is 0.130 e. The molecule has 0 bridgehead atoms. The quantitative estimate of drug-likeness (QED) is 0.773. The zero-order valence-corrected chi connectivity index (χ0v) is 17.2. The smallest absolute Gasteiger partial charge is 0.130 e. The van der Waals surface area contributed by atoms with Crippen LogP contribution in [0.3, 0.4) is 0 Å². The normalized spacial score (nSPS) is 20.6. The number of nitrogens with zero attached hydrogens (tertiary/aromatic N) is 3. The van der Waals surface area contributed by atoms with Crippen molar-refractivity contribution in [2.75, 3.05) is 37.4 Å². The molecule has 27 heavy (non-hydrogen) atoms. The first kappa shape index (κ1) is 18.6. The van der Waals surface area contributed by atoms with Crippen molar-refractivity contribution in [1.82, 2.24) is 4.90 Å². The minimum absolute atomic E-state index is 0.180. The zero-order valence-electron chi connectivity index (χ0n) is 15.7. The van der Waals surface area contributed by atoms with E-state index in [1.54, 1.807) is 0 Å². The summed E-state index contributed by atoms with van der Waals surface area (Å²) < 4.78 is 0. The van der Waals surface area contributed by atoms with Gasteiger partial charge in [-0.25, -0.2) is 0 Å². The number of benzene rings is 2. The van der Waals surface area contributed by atoms with Crippen LogP contribution in [0.15, 0.2) is 47.5 Å². The summed E-state index contributed by atoms with van der Waals surface area (Å²) in [5.74, 6) is 1.07. The molecule has 0 radical (unpaired) electrons. The largest absolute Gasteiger partial charge is 0.371 e. The first-order valence-corrected chi connectivity index (χ1v) is 10.0. The van der Waals surface area contributed by atoms with Gasteiger partial charge in [0.15, 0.2) is 0 Å². The molecule has 2 aliphatic rings. The zero-order chi connectivity index (χ0) is 19.0. The third-order valence-corrected chi connectivity index (χ3v) is 6.34. The lowest BCUT2D eigenvalue weighted by Crippen LogP contribution is -2.60. The van der Waals surface area contributed by atoms with Gasteiger partial charge in [0, 0.05) is 20.1 Å². The number of nitrogens with one attached hydrogen (secondary N) is 1. The Morgan fingerprint density at radius 3 is 2.41 bits per heavy atom. The van der Waals surface area contributed by atoms with E-state index in [0.29, 0.717) is 16.6 Å².